The first-order valence-corrected chi connectivity index (χ1v) is 5.75. The van der Waals surface area contributed by atoms with Crippen molar-refractivity contribution in [1.82, 2.24) is 4.98 Å². The number of rotatable bonds is 2. The van der Waals surface area contributed by atoms with E-state index in [1.807, 2.05) is 24.4 Å². The highest BCUT2D eigenvalue weighted by Gasteiger charge is 2.01. The molecular weight excluding hydrogens is 241 g/mol. The maximum atomic E-state index is 5.94. The molecule has 16 heavy (non-hydrogen) atoms. The van der Waals surface area contributed by atoms with Gasteiger partial charge in [-0.25, -0.2) is 0 Å². The molecular formula is C13H11Cl2N. The van der Waals surface area contributed by atoms with E-state index in [1.54, 1.807) is 6.07 Å². The summed E-state index contributed by atoms with van der Waals surface area (Å²) < 4.78 is 0. The Balaban J connectivity index is 2.27. The van der Waals surface area contributed by atoms with Gasteiger partial charge in [0.25, 0.3) is 0 Å². The van der Waals surface area contributed by atoms with E-state index < -0.39 is 0 Å². The van der Waals surface area contributed by atoms with Gasteiger partial charge >= 0.3 is 0 Å². The Morgan fingerprint density at radius 3 is 2.38 bits per heavy atom. The van der Waals surface area contributed by atoms with E-state index in [0.29, 0.717) is 10.0 Å². The molecule has 2 rings (SSSR count). The molecule has 0 radical (unpaired) electrons. The Kier molecular flexibility index (Phi) is 3.47. The molecule has 1 aromatic carbocycles. The molecule has 2 aromatic rings. The van der Waals surface area contributed by atoms with Crippen molar-refractivity contribution in [3.63, 3.8) is 0 Å². The molecule has 0 saturated heterocycles. The van der Waals surface area contributed by atoms with Crippen LogP contribution >= 0.6 is 23.2 Å². The highest BCUT2D eigenvalue weighted by molar-refractivity contribution is 6.34. The van der Waals surface area contributed by atoms with Crippen LogP contribution in [0.5, 0.6) is 0 Å². The summed E-state index contributed by atoms with van der Waals surface area (Å²) in [7, 11) is 0. The number of aromatic nitrogens is 1. The standard InChI is InChI=1S/C13H11Cl2N/c1-9-2-3-16-13(4-9)7-10-5-11(14)8-12(15)6-10/h2-6,8H,7H2,1H3. The van der Waals surface area contributed by atoms with Gasteiger partial charge in [0.2, 0.25) is 0 Å². The molecule has 0 aliphatic carbocycles. The molecule has 0 amide bonds. The first-order valence-electron chi connectivity index (χ1n) is 5.00. The van der Waals surface area contributed by atoms with Crippen molar-refractivity contribution in [2.45, 2.75) is 13.3 Å². The monoisotopic (exact) mass is 251 g/mol. The van der Waals surface area contributed by atoms with Crippen LogP contribution in [0.3, 0.4) is 0 Å². The van der Waals surface area contributed by atoms with Crippen LogP contribution in [0.15, 0.2) is 36.5 Å². The molecule has 1 nitrogen and oxygen atoms in total. The summed E-state index contributed by atoms with van der Waals surface area (Å²) in [5, 5.41) is 1.32. The minimum Gasteiger partial charge on any atom is -0.261 e. The molecule has 3 heteroatoms. The average Bonchev–Trinajstić information content (AvgIpc) is 2.15. The van der Waals surface area contributed by atoms with Crippen LogP contribution in [0, 0.1) is 6.92 Å². The van der Waals surface area contributed by atoms with Crippen molar-refractivity contribution in [2.24, 2.45) is 0 Å². The lowest BCUT2D eigenvalue weighted by atomic mass is 10.1. The number of nitrogens with zero attached hydrogens (tertiary/aromatic N) is 1. The van der Waals surface area contributed by atoms with Crippen molar-refractivity contribution in [3.8, 4) is 0 Å². The fourth-order valence-electron chi connectivity index (χ4n) is 1.62. The summed E-state index contributed by atoms with van der Waals surface area (Å²) in [5.74, 6) is 0. The summed E-state index contributed by atoms with van der Waals surface area (Å²) >= 11 is 11.9. The predicted molar refractivity (Wildman–Crippen MR) is 68.2 cm³/mol. The second-order valence-electron chi connectivity index (χ2n) is 3.78. The van der Waals surface area contributed by atoms with E-state index in [1.165, 1.54) is 5.56 Å². The van der Waals surface area contributed by atoms with Gasteiger partial charge in [0, 0.05) is 28.4 Å². The molecule has 0 aliphatic heterocycles. The van der Waals surface area contributed by atoms with Crippen LogP contribution < -0.4 is 0 Å². The van der Waals surface area contributed by atoms with Gasteiger partial charge in [0.15, 0.2) is 0 Å². The number of aryl methyl sites for hydroxylation is 1. The fourth-order valence-corrected chi connectivity index (χ4v) is 2.19. The van der Waals surface area contributed by atoms with Gasteiger partial charge in [-0.3, -0.25) is 4.98 Å². The molecule has 0 spiro atoms. The van der Waals surface area contributed by atoms with Gasteiger partial charge in [0.05, 0.1) is 0 Å². The van der Waals surface area contributed by atoms with Crippen molar-refractivity contribution in [1.29, 1.82) is 0 Å². The summed E-state index contributed by atoms with van der Waals surface area (Å²) in [6.45, 7) is 2.05. The van der Waals surface area contributed by atoms with Crippen LogP contribution in [-0.2, 0) is 6.42 Å². The Bertz CT molecular complexity index is 489. The maximum Gasteiger partial charge on any atom is 0.0450 e. The first-order chi connectivity index (χ1) is 7.63. The Hall–Kier alpha value is -1.05. The predicted octanol–water partition coefficient (Wildman–Crippen LogP) is 4.29. The quantitative estimate of drug-likeness (QED) is 0.777. The van der Waals surface area contributed by atoms with Crippen molar-refractivity contribution in [2.75, 3.05) is 0 Å². The lowest BCUT2D eigenvalue weighted by Gasteiger charge is -2.03. The van der Waals surface area contributed by atoms with Crippen LogP contribution in [-0.4, -0.2) is 4.98 Å². The zero-order valence-electron chi connectivity index (χ0n) is 8.87. The van der Waals surface area contributed by atoms with Crippen LogP contribution in [0.25, 0.3) is 0 Å². The van der Waals surface area contributed by atoms with Gasteiger partial charge < -0.3 is 0 Å². The summed E-state index contributed by atoms with van der Waals surface area (Å²) in [6, 6.07) is 9.61. The largest absolute Gasteiger partial charge is 0.261 e. The van der Waals surface area contributed by atoms with Gasteiger partial charge in [-0.15, -0.1) is 0 Å². The SMILES string of the molecule is Cc1ccnc(Cc2cc(Cl)cc(Cl)c2)c1. The Morgan fingerprint density at radius 2 is 1.75 bits per heavy atom. The average molecular weight is 252 g/mol. The molecule has 1 aromatic heterocycles. The second-order valence-corrected chi connectivity index (χ2v) is 4.65. The first kappa shape index (κ1) is 11.4. The van der Waals surface area contributed by atoms with Gasteiger partial charge in [-0.1, -0.05) is 23.2 Å². The summed E-state index contributed by atoms with van der Waals surface area (Å²) in [4.78, 5) is 4.31. The van der Waals surface area contributed by atoms with E-state index in [9.17, 15) is 0 Å². The van der Waals surface area contributed by atoms with Crippen molar-refractivity contribution < 1.29 is 0 Å². The lowest BCUT2D eigenvalue weighted by molar-refractivity contribution is 1.06. The van der Waals surface area contributed by atoms with Gasteiger partial charge in [0.1, 0.15) is 0 Å². The molecule has 0 bridgehead atoms. The number of hydrogen-bond acceptors (Lipinski definition) is 1. The van der Waals surface area contributed by atoms with E-state index in [0.717, 1.165) is 17.7 Å². The zero-order chi connectivity index (χ0) is 11.5. The minimum absolute atomic E-state index is 0.662. The van der Waals surface area contributed by atoms with Crippen LogP contribution in [0.2, 0.25) is 10.0 Å². The number of halogens is 2. The molecule has 0 fully saturated rings. The highest BCUT2D eigenvalue weighted by Crippen LogP contribution is 2.20. The topological polar surface area (TPSA) is 12.9 Å². The molecule has 82 valence electrons. The van der Waals surface area contributed by atoms with Crippen molar-refractivity contribution in [3.05, 3.63) is 63.4 Å². The molecule has 0 saturated carbocycles. The van der Waals surface area contributed by atoms with Gasteiger partial charge in [-0.05, 0) is 48.4 Å². The van der Waals surface area contributed by atoms with Crippen LogP contribution in [0.4, 0.5) is 0 Å². The number of pyridine rings is 1. The Morgan fingerprint density at radius 1 is 1.06 bits per heavy atom. The second kappa shape index (κ2) is 4.86. The molecule has 0 N–H and O–H groups in total. The molecule has 0 unspecified atom stereocenters. The summed E-state index contributed by atoms with van der Waals surface area (Å²) in [6.07, 6.45) is 2.57. The van der Waals surface area contributed by atoms with Crippen LogP contribution in [0.1, 0.15) is 16.8 Å². The third-order valence-corrected chi connectivity index (χ3v) is 2.72. The highest BCUT2D eigenvalue weighted by atomic mass is 35.5. The molecule has 0 atom stereocenters. The number of benzene rings is 1. The molecule has 0 aliphatic rings. The van der Waals surface area contributed by atoms with Gasteiger partial charge in [-0.2, -0.15) is 0 Å². The zero-order valence-corrected chi connectivity index (χ0v) is 10.4. The maximum absolute atomic E-state index is 5.94. The number of hydrogen-bond donors (Lipinski definition) is 0. The van der Waals surface area contributed by atoms with E-state index >= 15 is 0 Å². The summed E-state index contributed by atoms with van der Waals surface area (Å²) in [5.41, 5.74) is 3.31. The smallest absolute Gasteiger partial charge is 0.0450 e. The fraction of sp³-hybridized carbons (Fsp3) is 0.154. The third kappa shape index (κ3) is 2.97. The third-order valence-electron chi connectivity index (χ3n) is 2.28. The Labute approximate surface area is 105 Å². The van der Waals surface area contributed by atoms with Crippen molar-refractivity contribution >= 4 is 23.2 Å². The van der Waals surface area contributed by atoms with E-state index in [-0.39, 0.29) is 0 Å². The van der Waals surface area contributed by atoms with E-state index in [2.05, 4.69) is 18.0 Å². The molecule has 1 heterocycles. The normalized spacial score (nSPS) is 10.4. The van der Waals surface area contributed by atoms with E-state index in [4.69, 9.17) is 23.2 Å². The minimum atomic E-state index is 0.662. The lowest BCUT2D eigenvalue weighted by Crippen LogP contribution is -1.92.